The molecule has 1 saturated heterocycles. The fourth-order valence-corrected chi connectivity index (χ4v) is 6.24. The molecule has 4 heterocycles. The largest absolute Gasteiger partial charge is 2.00 e. The third-order valence-electron chi connectivity index (χ3n) is 5.70. The first-order valence-electron chi connectivity index (χ1n) is 11.0. The average Bonchev–Trinajstić information content (AvgIpc) is 3.59. The Morgan fingerprint density at radius 1 is 0.659 bits per heavy atom. The maximum atomic E-state index is 11.1. The summed E-state index contributed by atoms with van der Waals surface area (Å²) in [6.45, 7) is 5.86. The van der Waals surface area contributed by atoms with Gasteiger partial charge >= 0.3 is 17.1 Å². The van der Waals surface area contributed by atoms with Crippen molar-refractivity contribution in [2.75, 3.05) is 39.3 Å². The molecule has 0 unspecified atom stereocenters. The number of carbonyl (C=O) groups excluding carboxylic acids is 3. The van der Waals surface area contributed by atoms with Crippen molar-refractivity contribution in [1.82, 2.24) is 24.8 Å². The number of nitrogens with one attached hydrogen (secondary N) is 1. The SMILES string of the molecule is O.O.O.O.O=C([O-])c1csc(CN2CCN(Cc3nc(C(=O)[O-])cs3)CC[NH+](Cc3nc(C(=O)[O-])cs3)CC2)n1.[Cu+2]. The van der Waals surface area contributed by atoms with Crippen LogP contribution in [0.3, 0.4) is 0 Å². The van der Waals surface area contributed by atoms with Gasteiger partial charge in [0.15, 0.2) is 0 Å². The van der Waals surface area contributed by atoms with Gasteiger partial charge in [-0.1, -0.05) is 0 Å². The maximum absolute atomic E-state index is 11.1. The Labute approximate surface area is 256 Å². The number of thiazole rings is 3. The summed E-state index contributed by atoms with van der Waals surface area (Å²) in [5, 5.41) is 39.8. The summed E-state index contributed by atoms with van der Waals surface area (Å²) >= 11 is 3.83. The monoisotopic (exact) mass is 685 g/mol. The van der Waals surface area contributed by atoms with Gasteiger partial charge in [-0.2, -0.15) is 0 Å². The molecule has 233 valence electrons. The molecule has 3 aromatic rings. The van der Waals surface area contributed by atoms with Crippen LogP contribution in [-0.2, 0) is 36.7 Å². The Morgan fingerprint density at radius 2 is 1.00 bits per heavy atom. The van der Waals surface area contributed by atoms with E-state index in [1.165, 1.54) is 55.1 Å². The topological polar surface area (TPSA) is 296 Å². The number of nitrogens with zero attached hydrogens (tertiary/aromatic N) is 5. The van der Waals surface area contributed by atoms with Crippen LogP contribution in [0.25, 0.3) is 0 Å². The van der Waals surface area contributed by atoms with Gasteiger partial charge in [0.25, 0.3) is 0 Å². The quantitative estimate of drug-likeness (QED) is 0.206. The zero-order chi connectivity index (χ0) is 25.7. The van der Waals surface area contributed by atoms with Crippen LogP contribution in [0.15, 0.2) is 16.1 Å². The van der Waals surface area contributed by atoms with E-state index in [2.05, 4.69) is 24.8 Å². The molecule has 1 aliphatic heterocycles. The summed E-state index contributed by atoms with van der Waals surface area (Å²) < 4.78 is 0. The van der Waals surface area contributed by atoms with Gasteiger partial charge in [0, 0.05) is 42.3 Å². The zero-order valence-electron chi connectivity index (χ0n) is 21.3. The minimum Gasteiger partial charge on any atom is -0.543 e. The van der Waals surface area contributed by atoms with Gasteiger partial charge in [0.2, 0.25) is 0 Å². The van der Waals surface area contributed by atoms with Crippen LogP contribution < -0.4 is 20.2 Å². The van der Waals surface area contributed by atoms with E-state index in [-0.39, 0.29) is 56.1 Å². The summed E-state index contributed by atoms with van der Waals surface area (Å²) in [4.78, 5) is 51.3. The van der Waals surface area contributed by atoms with E-state index in [1.54, 1.807) is 0 Å². The number of carbonyl (C=O) groups is 3. The van der Waals surface area contributed by atoms with Gasteiger partial charge in [-0.15, -0.1) is 34.0 Å². The molecule has 9 N–H and O–H groups in total. The standard InChI is InChI=1S/C21H24N6O6S3.Cu.4H2O/c28-19(29)13-10-34-16(22-13)7-25-1-2-26(8-17-23-14(11-35-17)20(30)31)5-6-27(4-3-25)9-18-24-15(12-36-18)21(32)33;;;;;/h10-12H,1-9H2,(H,28,29)(H,30,31)(H,32,33);;4*1H2/q;+2;;;;/p-2. The Kier molecular flexibility index (Phi) is 18.7. The molecule has 1 fully saturated rings. The van der Waals surface area contributed by atoms with Crippen LogP contribution >= 0.6 is 34.0 Å². The average molecular weight is 686 g/mol. The normalized spacial score (nSPS) is 14.3. The number of hydrogen-bond acceptors (Lipinski definition) is 14. The van der Waals surface area contributed by atoms with Gasteiger partial charge < -0.3 is 56.5 Å². The molecule has 0 aliphatic carbocycles. The van der Waals surface area contributed by atoms with E-state index < -0.39 is 17.9 Å². The molecule has 0 atom stereocenters. The van der Waals surface area contributed by atoms with Crippen molar-refractivity contribution in [3.05, 3.63) is 48.2 Å². The molecule has 0 spiro atoms. The molecule has 0 amide bonds. The van der Waals surface area contributed by atoms with Gasteiger partial charge in [0.1, 0.15) is 21.6 Å². The molecule has 0 saturated carbocycles. The van der Waals surface area contributed by atoms with Crippen molar-refractivity contribution in [1.29, 1.82) is 0 Å². The van der Waals surface area contributed by atoms with Crippen molar-refractivity contribution in [2.45, 2.75) is 19.6 Å². The molecule has 4 rings (SSSR count). The summed E-state index contributed by atoms with van der Waals surface area (Å²) in [6.07, 6.45) is 0. The van der Waals surface area contributed by atoms with E-state index in [1.807, 2.05) is 0 Å². The summed E-state index contributed by atoms with van der Waals surface area (Å²) in [5.41, 5.74) is -0.219. The molecule has 41 heavy (non-hydrogen) atoms. The first kappa shape index (κ1) is 40.7. The Balaban J connectivity index is 0. The van der Waals surface area contributed by atoms with E-state index in [0.717, 1.165) is 13.1 Å². The number of hydrogen-bond donors (Lipinski definition) is 1. The first-order chi connectivity index (χ1) is 17.3. The minimum absolute atomic E-state index is 0. The number of aromatic nitrogens is 3. The van der Waals surface area contributed by atoms with Gasteiger partial charge in [-0.05, 0) is 0 Å². The van der Waals surface area contributed by atoms with Crippen molar-refractivity contribution < 1.29 is 73.6 Å². The third-order valence-corrected chi connectivity index (χ3v) is 8.21. The molecular formula is C21H30CuN6O10S3. The Morgan fingerprint density at radius 3 is 1.34 bits per heavy atom. The van der Waals surface area contributed by atoms with Gasteiger partial charge in [-0.3, -0.25) is 9.80 Å². The van der Waals surface area contributed by atoms with E-state index >= 15 is 0 Å². The molecule has 1 aliphatic rings. The molecule has 0 aromatic carbocycles. The molecule has 16 nitrogen and oxygen atoms in total. The van der Waals surface area contributed by atoms with Crippen LogP contribution in [0, 0.1) is 0 Å². The van der Waals surface area contributed by atoms with Crippen LogP contribution in [0.5, 0.6) is 0 Å². The van der Waals surface area contributed by atoms with Crippen molar-refractivity contribution in [3.8, 4) is 0 Å². The number of rotatable bonds is 9. The second-order valence-corrected chi connectivity index (χ2v) is 11.0. The van der Waals surface area contributed by atoms with Gasteiger partial charge in [-0.25, -0.2) is 15.0 Å². The number of quaternary nitrogens is 1. The zero-order valence-corrected chi connectivity index (χ0v) is 24.7. The fourth-order valence-electron chi connectivity index (χ4n) is 3.79. The Hall–Kier alpha value is -2.46. The van der Waals surface area contributed by atoms with Crippen molar-refractivity contribution >= 4 is 51.9 Å². The Bertz CT molecular complexity index is 1080. The predicted molar refractivity (Wildman–Crippen MR) is 139 cm³/mol. The molecule has 3 aromatic heterocycles. The number of carboxylic acid groups (broad SMARTS) is 3. The second kappa shape index (κ2) is 18.9. The molecule has 0 bridgehead atoms. The summed E-state index contributed by atoms with van der Waals surface area (Å²) in [7, 11) is 0. The number of aromatic carboxylic acids is 3. The predicted octanol–water partition coefficient (Wildman–Crippen LogP) is -6.75. The van der Waals surface area contributed by atoms with Crippen LogP contribution in [0.4, 0.5) is 0 Å². The third kappa shape index (κ3) is 11.7. The summed E-state index contributed by atoms with van der Waals surface area (Å²) in [6, 6.07) is 0. The van der Waals surface area contributed by atoms with Crippen molar-refractivity contribution in [3.63, 3.8) is 0 Å². The minimum atomic E-state index is -1.30. The summed E-state index contributed by atoms with van der Waals surface area (Å²) in [5.74, 6) is -3.90. The molecular weight excluding hydrogens is 656 g/mol. The fraction of sp³-hybridized carbons (Fsp3) is 0.429. The number of carboxylic acids is 3. The van der Waals surface area contributed by atoms with Crippen LogP contribution in [0.1, 0.15) is 46.5 Å². The second-order valence-electron chi connectivity index (χ2n) is 8.22. The van der Waals surface area contributed by atoms with Crippen molar-refractivity contribution in [2.24, 2.45) is 0 Å². The van der Waals surface area contributed by atoms with Crippen LogP contribution in [0.2, 0.25) is 0 Å². The molecule has 20 heteroatoms. The smallest absolute Gasteiger partial charge is 0.543 e. The van der Waals surface area contributed by atoms with Gasteiger partial charge in [0.05, 0.1) is 61.2 Å². The van der Waals surface area contributed by atoms with E-state index in [4.69, 9.17) is 0 Å². The van der Waals surface area contributed by atoms with Crippen LogP contribution in [-0.4, -0.2) is 104 Å². The molecule has 1 radical (unpaired) electrons. The maximum Gasteiger partial charge on any atom is 2.00 e. The van der Waals surface area contributed by atoms with E-state index in [9.17, 15) is 29.7 Å². The first-order valence-corrected chi connectivity index (χ1v) is 13.7. The van der Waals surface area contributed by atoms with E-state index in [0.29, 0.717) is 60.8 Å².